The van der Waals surface area contributed by atoms with Gasteiger partial charge in [0.25, 0.3) is 5.91 Å². The van der Waals surface area contributed by atoms with Crippen LogP contribution in [0.1, 0.15) is 40.5 Å². The van der Waals surface area contributed by atoms with E-state index in [1.165, 1.54) is 18.4 Å². The second kappa shape index (κ2) is 7.57. The summed E-state index contributed by atoms with van der Waals surface area (Å²) in [7, 11) is 1.76. The second-order valence-corrected chi connectivity index (χ2v) is 6.49. The minimum absolute atomic E-state index is 0.0235. The van der Waals surface area contributed by atoms with Gasteiger partial charge in [-0.05, 0) is 56.0 Å². The van der Waals surface area contributed by atoms with Crippen LogP contribution in [0.4, 0.5) is 0 Å². The molecule has 0 atom stereocenters. The third-order valence-corrected chi connectivity index (χ3v) is 4.45. The number of piperidine rings is 1. The van der Waals surface area contributed by atoms with E-state index < -0.39 is 0 Å². The van der Waals surface area contributed by atoms with Crippen molar-refractivity contribution < 1.29 is 9.32 Å². The van der Waals surface area contributed by atoms with Crippen molar-refractivity contribution in [1.29, 1.82) is 0 Å². The summed E-state index contributed by atoms with van der Waals surface area (Å²) in [4.78, 5) is 18.4. The first-order valence-electron chi connectivity index (χ1n) is 8.46. The Balaban J connectivity index is 1.64. The summed E-state index contributed by atoms with van der Waals surface area (Å²) < 4.78 is 4.95. The lowest BCUT2D eigenvalue weighted by Crippen LogP contribution is -2.29. The van der Waals surface area contributed by atoms with E-state index in [9.17, 15) is 4.79 Å². The Hall–Kier alpha value is -2.21. The molecule has 0 radical (unpaired) electrons. The van der Waals surface area contributed by atoms with Crippen LogP contribution in [0, 0.1) is 12.8 Å². The Labute approximate surface area is 142 Å². The molecule has 3 rings (SSSR count). The number of amides is 1. The van der Waals surface area contributed by atoms with Crippen molar-refractivity contribution in [2.24, 2.45) is 5.92 Å². The smallest absolute Gasteiger partial charge is 0.254 e. The van der Waals surface area contributed by atoms with Crippen LogP contribution >= 0.6 is 0 Å². The summed E-state index contributed by atoms with van der Waals surface area (Å²) in [6.07, 6.45) is 3.45. The zero-order valence-electron chi connectivity index (χ0n) is 14.3. The number of carbonyl (C=O) groups is 1. The fourth-order valence-electron chi connectivity index (χ4n) is 3.16. The molecule has 2 heterocycles. The minimum Gasteiger partial charge on any atom is -0.340 e. The Kier molecular flexibility index (Phi) is 5.25. The van der Waals surface area contributed by atoms with Gasteiger partial charge in [-0.2, -0.15) is 4.98 Å². The van der Waals surface area contributed by atoms with Crippen LogP contribution in [0.15, 0.2) is 28.8 Å². The summed E-state index contributed by atoms with van der Waals surface area (Å²) in [5.74, 6) is 1.71. The fraction of sp³-hybridized carbons (Fsp3) is 0.500. The molecule has 0 bridgehead atoms. The van der Waals surface area contributed by atoms with E-state index >= 15 is 0 Å². The van der Waals surface area contributed by atoms with E-state index in [1.807, 2.05) is 18.2 Å². The molecule has 1 fully saturated rings. The average Bonchev–Trinajstić information content (AvgIpc) is 3.00. The highest BCUT2D eigenvalue weighted by atomic mass is 16.5. The van der Waals surface area contributed by atoms with Crippen LogP contribution in [0.3, 0.4) is 0 Å². The summed E-state index contributed by atoms with van der Waals surface area (Å²) in [5, 5.41) is 7.23. The highest BCUT2D eigenvalue weighted by Crippen LogP contribution is 2.19. The summed E-state index contributed by atoms with van der Waals surface area (Å²) in [6, 6.07) is 7.96. The summed E-state index contributed by atoms with van der Waals surface area (Å²) >= 11 is 0. The molecule has 6 nitrogen and oxygen atoms in total. The van der Waals surface area contributed by atoms with Crippen molar-refractivity contribution in [3.05, 3.63) is 47.1 Å². The summed E-state index contributed by atoms with van der Waals surface area (Å²) in [6.45, 7) is 4.27. The number of aromatic nitrogens is 2. The predicted octanol–water partition coefficient (Wildman–Crippen LogP) is 2.19. The van der Waals surface area contributed by atoms with E-state index in [4.69, 9.17) is 4.52 Å². The average molecular weight is 328 g/mol. The van der Waals surface area contributed by atoms with Gasteiger partial charge in [-0.1, -0.05) is 17.3 Å². The molecule has 1 saturated heterocycles. The highest BCUT2D eigenvalue weighted by molar-refractivity contribution is 5.94. The van der Waals surface area contributed by atoms with Gasteiger partial charge >= 0.3 is 0 Å². The molecule has 24 heavy (non-hydrogen) atoms. The molecule has 128 valence electrons. The zero-order chi connectivity index (χ0) is 16.9. The zero-order valence-corrected chi connectivity index (χ0v) is 14.3. The lowest BCUT2D eigenvalue weighted by molar-refractivity contribution is 0.0780. The van der Waals surface area contributed by atoms with Crippen molar-refractivity contribution in [2.75, 3.05) is 20.1 Å². The molecule has 1 aliphatic heterocycles. The third kappa shape index (κ3) is 4.20. The van der Waals surface area contributed by atoms with Gasteiger partial charge in [0, 0.05) is 19.5 Å². The van der Waals surface area contributed by atoms with Crippen molar-refractivity contribution in [3.8, 4) is 0 Å². The number of rotatable bonds is 5. The predicted molar refractivity (Wildman–Crippen MR) is 90.6 cm³/mol. The second-order valence-electron chi connectivity index (χ2n) is 6.49. The third-order valence-electron chi connectivity index (χ3n) is 4.45. The van der Waals surface area contributed by atoms with Crippen LogP contribution in [0.2, 0.25) is 0 Å². The van der Waals surface area contributed by atoms with E-state index in [0.29, 0.717) is 29.7 Å². The number of nitrogens with zero attached hydrogens (tertiary/aromatic N) is 3. The van der Waals surface area contributed by atoms with E-state index in [0.717, 1.165) is 19.5 Å². The quantitative estimate of drug-likeness (QED) is 0.911. The van der Waals surface area contributed by atoms with Crippen LogP contribution in [0.5, 0.6) is 0 Å². The Bertz CT molecular complexity index is 692. The molecule has 2 aromatic rings. The maximum atomic E-state index is 12.6. The SMILES string of the molecule is Cc1nc(CN(C)C(=O)c2cccc(CC3CCNCC3)c2)no1. The van der Waals surface area contributed by atoms with Crippen molar-refractivity contribution in [3.63, 3.8) is 0 Å². The van der Waals surface area contributed by atoms with Crippen molar-refractivity contribution >= 4 is 5.91 Å². The van der Waals surface area contributed by atoms with Crippen LogP contribution in [0.25, 0.3) is 0 Å². The normalized spacial score (nSPS) is 15.4. The van der Waals surface area contributed by atoms with Crippen LogP contribution < -0.4 is 5.32 Å². The van der Waals surface area contributed by atoms with Gasteiger partial charge in [0.05, 0.1) is 6.54 Å². The molecular formula is C18H24N4O2. The minimum atomic E-state index is -0.0235. The highest BCUT2D eigenvalue weighted by Gasteiger charge is 2.17. The summed E-state index contributed by atoms with van der Waals surface area (Å²) in [5.41, 5.74) is 1.95. The first kappa shape index (κ1) is 16.6. The van der Waals surface area contributed by atoms with Crippen LogP contribution in [-0.2, 0) is 13.0 Å². The number of aryl methyl sites for hydroxylation is 1. The van der Waals surface area contributed by atoms with Crippen molar-refractivity contribution in [2.45, 2.75) is 32.7 Å². The standard InChI is InChI=1S/C18H24N4O2/c1-13-20-17(21-24-13)12-22(2)18(23)16-5-3-4-15(11-16)10-14-6-8-19-9-7-14/h3-5,11,14,19H,6-10,12H2,1-2H3. The van der Waals surface area contributed by atoms with Crippen molar-refractivity contribution in [1.82, 2.24) is 20.4 Å². The number of nitrogens with one attached hydrogen (secondary N) is 1. The topological polar surface area (TPSA) is 71.3 Å². The maximum Gasteiger partial charge on any atom is 0.254 e. The molecule has 1 aromatic carbocycles. The Morgan fingerprint density at radius 1 is 1.38 bits per heavy atom. The van der Waals surface area contributed by atoms with Gasteiger partial charge in [-0.15, -0.1) is 0 Å². The van der Waals surface area contributed by atoms with E-state index in [2.05, 4.69) is 21.5 Å². The molecule has 0 spiro atoms. The lowest BCUT2D eigenvalue weighted by atomic mass is 9.90. The molecule has 1 amide bonds. The molecule has 1 aromatic heterocycles. The Morgan fingerprint density at radius 2 is 2.17 bits per heavy atom. The Morgan fingerprint density at radius 3 is 2.88 bits per heavy atom. The monoisotopic (exact) mass is 328 g/mol. The number of benzene rings is 1. The number of hydrogen-bond acceptors (Lipinski definition) is 5. The fourth-order valence-corrected chi connectivity index (χ4v) is 3.16. The maximum absolute atomic E-state index is 12.6. The number of hydrogen-bond donors (Lipinski definition) is 1. The van der Waals surface area contributed by atoms with Gasteiger partial charge < -0.3 is 14.7 Å². The molecule has 6 heteroatoms. The van der Waals surface area contributed by atoms with E-state index in [1.54, 1.807) is 18.9 Å². The molecule has 0 aliphatic carbocycles. The van der Waals surface area contributed by atoms with Gasteiger partial charge in [0.1, 0.15) is 0 Å². The van der Waals surface area contributed by atoms with Gasteiger partial charge in [0.2, 0.25) is 5.89 Å². The first-order valence-corrected chi connectivity index (χ1v) is 8.46. The molecular weight excluding hydrogens is 304 g/mol. The largest absolute Gasteiger partial charge is 0.340 e. The van der Waals surface area contributed by atoms with E-state index in [-0.39, 0.29) is 5.91 Å². The first-order chi connectivity index (χ1) is 11.6. The van der Waals surface area contributed by atoms with Gasteiger partial charge in [-0.25, -0.2) is 0 Å². The van der Waals surface area contributed by atoms with Crippen LogP contribution in [-0.4, -0.2) is 41.1 Å². The van der Waals surface area contributed by atoms with Gasteiger partial charge in [-0.3, -0.25) is 4.79 Å². The molecule has 0 unspecified atom stereocenters. The van der Waals surface area contributed by atoms with Gasteiger partial charge in [0.15, 0.2) is 5.82 Å². The molecule has 1 aliphatic rings. The number of carbonyl (C=O) groups excluding carboxylic acids is 1. The lowest BCUT2D eigenvalue weighted by Gasteiger charge is -2.23. The molecule has 1 N–H and O–H groups in total. The molecule has 0 saturated carbocycles.